The Hall–Kier alpha value is -3.88. The fourth-order valence-corrected chi connectivity index (χ4v) is 5.11. The SMILES string of the molecule is CC1(OC(=O)c2cccc3c2OCC3)CCCCN2C(=O)C=C(c3ccncc3)N(C(N)=O)C21. The van der Waals surface area contributed by atoms with Gasteiger partial charge >= 0.3 is 12.0 Å². The van der Waals surface area contributed by atoms with E-state index in [2.05, 4.69) is 4.98 Å². The molecule has 1 aromatic heterocycles. The van der Waals surface area contributed by atoms with E-state index < -0.39 is 23.8 Å². The highest BCUT2D eigenvalue weighted by atomic mass is 16.6. The summed E-state index contributed by atoms with van der Waals surface area (Å²) in [4.78, 5) is 46.4. The number of benzene rings is 1. The minimum absolute atomic E-state index is 0.262. The summed E-state index contributed by atoms with van der Waals surface area (Å²) in [5, 5.41) is 0. The Morgan fingerprint density at radius 3 is 2.76 bits per heavy atom. The molecule has 2 N–H and O–H groups in total. The van der Waals surface area contributed by atoms with Crippen molar-refractivity contribution in [3.05, 3.63) is 65.5 Å². The Bertz CT molecular complexity index is 1180. The highest BCUT2D eigenvalue weighted by Gasteiger charge is 2.52. The Balaban J connectivity index is 1.56. The monoisotopic (exact) mass is 462 g/mol. The van der Waals surface area contributed by atoms with Crippen molar-refractivity contribution in [1.29, 1.82) is 0 Å². The van der Waals surface area contributed by atoms with Crippen molar-refractivity contribution in [2.45, 2.75) is 44.4 Å². The van der Waals surface area contributed by atoms with Crippen LogP contribution in [0.5, 0.6) is 5.75 Å². The van der Waals surface area contributed by atoms with Gasteiger partial charge in [0.1, 0.15) is 16.9 Å². The number of fused-ring (bicyclic) bond motifs is 2. The summed E-state index contributed by atoms with van der Waals surface area (Å²) >= 11 is 0. The molecular weight excluding hydrogens is 436 g/mol. The summed E-state index contributed by atoms with van der Waals surface area (Å²) in [5.41, 5.74) is 6.93. The van der Waals surface area contributed by atoms with Gasteiger partial charge in [-0.15, -0.1) is 0 Å². The lowest BCUT2D eigenvalue weighted by atomic mass is 9.92. The number of aromatic nitrogens is 1. The average molecular weight is 463 g/mol. The number of pyridine rings is 1. The van der Waals surface area contributed by atoms with Gasteiger partial charge in [-0.05, 0) is 49.9 Å². The van der Waals surface area contributed by atoms with Crippen LogP contribution in [-0.2, 0) is 16.0 Å². The van der Waals surface area contributed by atoms with Gasteiger partial charge in [0, 0.05) is 37.0 Å². The average Bonchev–Trinajstić information content (AvgIpc) is 3.24. The molecule has 0 bridgehead atoms. The first-order valence-electron chi connectivity index (χ1n) is 11.4. The molecule has 3 amide bonds. The number of nitrogens with zero attached hydrogens (tertiary/aromatic N) is 3. The van der Waals surface area contributed by atoms with Crippen LogP contribution in [0.2, 0.25) is 0 Å². The number of rotatable bonds is 3. The number of urea groups is 1. The molecule has 4 heterocycles. The van der Waals surface area contributed by atoms with E-state index in [1.807, 2.05) is 6.07 Å². The standard InChI is InChI=1S/C25H26N4O5/c1-25(34-22(31)18-6-4-5-17-9-14-33-21(17)18)10-2-3-13-28-20(30)15-19(16-7-11-27-12-8-16)29(23(25)28)24(26)32/h4-8,11-12,15,23H,2-3,9-10,13-14H2,1H3,(H2,26,32). The highest BCUT2D eigenvalue weighted by molar-refractivity contribution is 6.01. The van der Waals surface area contributed by atoms with Gasteiger partial charge in [-0.1, -0.05) is 12.1 Å². The zero-order valence-electron chi connectivity index (χ0n) is 18.9. The molecule has 2 unspecified atom stereocenters. The molecule has 0 aliphatic carbocycles. The summed E-state index contributed by atoms with van der Waals surface area (Å²) < 4.78 is 11.8. The van der Waals surface area contributed by atoms with Gasteiger partial charge in [-0.2, -0.15) is 0 Å². The van der Waals surface area contributed by atoms with Crippen LogP contribution in [0.25, 0.3) is 5.70 Å². The molecule has 2 aromatic rings. The van der Waals surface area contributed by atoms with Crippen molar-refractivity contribution < 1.29 is 23.9 Å². The highest BCUT2D eigenvalue weighted by Crippen LogP contribution is 2.40. The molecule has 176 valence electrons. The Morgan fingerprint density at radius 2 is 2.00 bits per heavy atom. The van der Waals surface area contributed by atoms with E-state index in [1.54, 1.807) is 48.5 Å². The number of esters is 1. The van der Waals surface area contributed by atoms with Crippen LogP contribution in [0.15, 0.2) is 48.8 Å². The summed E-state index contributed by atoms with van der Waals surface area (Å²) in [7, 11) is 0. The third kappa shape index (κ3) is 3.67. The first-order valence-corrected chi connectivity index (χ1v) is 11.4. The lowest BCUT2D eigenvalue weighted by Gasteiger charge is -2.49. The smallest absolute Gasteiger partial charge is 0.342 e. The first-order chi connectivity index (χ1) is 16.4. The lowest BCUT2D eigenvalue weighted by Crippen LogP contribution is -2.65. The van der Waals surface area contributed by atoms with Crippen LogP contribution in [0, 0.1) is 0 Å². The molecule has 9 nitrogen and oxygen atoms in total. The number of carbonyl (C=O) groups is 3. The number of primary amides is 1. The number of hydrogen-bond acceptors (Lipinski definition) is 6. The molecule has 1 aromatic carbocycles. The normalized spacial score (nSPS) is 23.9. The van der Waals surface area contributed by atoms with Gasteiger partial charge in [0.2, 0.25) is 5.91 Å². The number of amides is 3. The molecule has 0 radical (unpaired) electrons. The Morgan fingerprint density at radius 1 is 1.21 bits per heavy atom. The van der Waals surface area contributed by atoms with E-state index in [1.165, 1.54) is 11.0 Å². The molecule has 1 saturated heterocycles. The molecule has 3 aliphatic rings. The molecule has 5 rings (SSSR count). The number of para-hydroxylation sites is 1. The molecule has 0 spiro atoms. The van der Waals surface area contributed by atoms with Crippen molar-refractivity contribution in [3.63, 3.8) is 0 Å². The third-order valence-corrected chi connectivity index (χ3v) is 6.68. The predicted molar refractivity (Wildman–Crippen MR) is 122 cm³/mol. The van der Waals surface area contributed by atoms with Gasteiger partial charge in [-0.3, -0.25) is 14.7 Å². The maximum absolute atomic E-state index is 13.4. The topological polar surface area (TPSA) is 115 Å². The second kappa shape index (κ2) is 8.48. The van der Waals surface area contributed by atoms with Crippen LogP contribution < -0.4 is 10.5 Å². The largest absolute Gasteiger partial charge is 0.492 e. The van der Waals surface area contributed by atoms with E-state index >= 15 is 0 Å². The summed E-state index contributed by atoms with van der Waals surface area (Å²) in [6, 6.07) is 8.07. The third-order valence-electron chi connectivity index (χ3n) is 6.68. The molecule has 0 saturated carbocycles. The second-order valence-corrected chi connectivity index (χ2v) is 8.93. The Kier molecular flexibility index (Phi) is 5.47. The van der Waals surface area contributed by atoms with Gasteiger partial charge in [-0.25, -0.2) is 9.59 Å². The second-order valence-electron chi connectivity index (χ2n) is 8.93. The lowest BCUT2D eigenvalue weighted by molar-refractivity contribution is -0.143. The zero-order valence-corrected chi connectivity index (χ0v) is 18.9. The van der Waals surface area contributed by atoms with Gasteiger partial charge < -0.3 is 20.1 Å². The van der Waals surface area contributed by atoms with Crippen LogP contribution >= 0.6 is 0 Å². The van der Waals surface area contributed by atoms with E-state index in [9.17, 15) is 14.4 Å². The zero-order chi connectivity index (χ0) is 23.9. The number of hydrogen-bond donors (Lipinski definition) is 1. The summed E-state index contributed by atoms with van der Waals surface area (Å²) in [6.07, 6.45) is 6.28. The molecule has 9 heteroatoms. The molecular formula is C25H26N4O5. The van der Waals surface area contributed by atoms with Crippen LogP contribution in [0.4, 0.5) is 4.79 Å². The minimum atomic E-state index is -1.20. The van der Waals surface area contributed by atoms with Gasteiger partial charge in [0.25, 0.3) is 0 Å². The van der Waals surface area contributed by atoms with E-state index in [0.29, 0.717) is 55.0 Å². The van der Waals surface area contributed by atoms with Crippen molar-refractivity contribution in [3.8, 4) is 5.75 Å². The van der Waals surface area contributed by atoms with Gasteiger partial charge in [0.05, 0.1) is 12.3 Å². The first kappa shape index (κ1) is 21.9. The van der Waals surface area contributed by atoms with E-state index in [0.717, 1.165) is 12.0 Å². The molecule has 3 aliphatic heterocycles. The fourth-order valence-electron chi connectivity index (χ4n) is 5.11. The Labute approximate surface area is 197 Å². The van der Waals surface area contributed by atoms with Gasteiger partial charge in [0.15, 0.2) is 6.17 Å². The maximum atomic E-state index is 13.4. The van der Waals surface area contributed by atoms with E-state index in [4.69, 9.17) is 15.2 Å². The number of ether oxygens (including phenoxy) is 2. The maximum Gasteiger partial charge on any atom is 0.342 e. The van der Waals surface area contributed by atoms with Crippen molar-refractivity contribution in [2.24, 2.45) is 5.73 Å². The van der Waals surface area contributed by atoms with E-state index in [-0.39, 0.29) is 5.91 Å². The van der Waals surface area contributed by atoms with Crippen molar-refractivity contribution >= 4 is 23.6 Å². The van der Waals surface area contributed by atoms with Crippen molar-refractivity contribution in [2.75, 3.05) is 13.2 Å². The number of nitrogens with two attached hydrogens (primary N) is 1. The summed E-state index contributed by atoms with van der Waals surface area (Å²) in [6.45, 7) is 2.69. The molecule has 34 heavy (non-hydrogen) atoms. The van der Waals surface area contributed by atoms with Crippen molar-refractivity contribution in [1.82, 2.24) is 14.8 Å². The summed E-state index contributed by atoms with van der Waals surface area (Å²) in [5.74, 6) is -0.284. The number of carbonyl (C=O) groups excluding carboxylic acids is 3. The predicted octanol–water partition coefficient (Wildman–Crippen LogP) is 2.71. The van der Waals surface area contributed by atoms with Crippen LogP contribution in [0.1, 0.15) is 47.7 Å². The fraction of sp³-hybridized carbons (Fsp3) is 0.360. The molecule has 2 atom stereocenters. The van der Waals surface area contributed by atoms with Crippen LogP contribution in [0.3, 0.4) is 0 Å². The van der Waals surface area contributed by atoms with Crippen LogP contribution in [-0.4, -0.2) is 57.6 Å². The minimum Gasteiger partial charge on any atom is -0.492 e. The quantitative estimate of drug-likeness (QED) is 0.702. The molecule has 1 fully saturated rings.